The Labute approximate surface area is 117 Å². The van der Waals surface area contributed by atoms with Crippen molar-refractivity contribution < 1.29 is 18.3 Å². The van der Waals surface area contributed by atoms with Crippen LogP contribution >= 0.6 is 0 Å². The lowest BCUT2D eigenvalue weighted by Gasteiger charge is -2.16. The molecule has 0 aliphatic heterocycles. The maximum absolute atomic E-state index is 13.4. The van der Waals surface area contributed by atoms with Crippen molar-refractivity contribution in [3.05, 3.63) is 35.4 Å². The molecule has 20 heavy (non-hydrogen) atoms. The van der Waals surface area contributed by atoms with Gasteiger partial charge in [0.25, 0.3) is 0 Å². The smallest absolute Gasteiger partial charge is 0.182 e. The van der Waals surface area contributed by atoms with Gasteiger partial charge in [0, 0.05) is 13.2 Å². The molecule has 2 rings (SSSR count). The first-order valence-corrected chi connectivity index (χ1v) is 6.81. The number of nitrogens with zero attached hydrogens (tertiary/aromatic N) is 1. The molecule has 1 aromatic carbocycles. The van der Waals surface area contributed by atoms with Crippen LogP contribution in [0.5, 0.6) is 0 Å². The lowest BCUT2D eigenvalue weighted by Crippen LogP contribution is -2.30. The zero-order valence-corrected chi connectivity index (χ0v) is 11.6. The van der Waals surface area contributed by atoms with Gasteiger partial charge in [-0.3, -0.25) is 9.69 Å². The molecule has 1 aliphatic carbocycles. The predicted molar refractivity (Wildman–Crippen MR) is 71.7 cm³/mol. The average Bonchev–Trinajstić information content (AvgIpc) is 3.18. The van der Waals surface area contributed by atoms with Crippen molar-refractivity contribution in [3.63, 3.8) is 0 Å². The second-order valence-corrected chi connectivity index (χ2v) is 5.28. The van der Waals surface area contributed by atoms with Crippen LogP contribution in [-0.4, -0.2) is 44.0 Å². The Morgan fingerprint density at radius 1 is 1.35 bits per heavy atom. The Balaban J connectivity index is 1.77. The SMILES string of the molecule is CN(CCOCC1CC1)CC(=O)c1c(F)cccc1F. The van der Waals surface area contributed by atoms with Crippen molar-refractivity contribution in [3.8, 4) is 0 Å². The first-order chi connectivity index (χ1) is 9.58. The van der Waals surface area contributed by atoms with Gasteiger partial charge in [-0.05, 0) is 37.9 Å². The quantitative estimate of drug-likeness (QED) is 0.542. The number of Topliss-reactive ketones (excluding diaryl/α,β-unsaturated/α-hetero) is 1. The Kier molecular flexibility index (Phi) is 5.20. The van der Waals surface area contributed by atoms with Gasteiger partial charge in [-0.1, -0.05) is 6.07 Å². The van der Waals surface area contributed by atoms with E-state index in [0.29, 0.717) is 19.1 Å². The minimum absolute atomic E-state index is 0.0232. The van der Waals surface area contributed by atoms with Crippen LogP contribution < -0.4 is 0 Å². The first kappa shape index (κ1) is 15.1. The summed E-state index contributed by atoms with van der Waals surface area (Å²) in [5.41, 5.74) is -0.460. The summed E-state index contributed by atoms with van der Waals surface area (Å²) in [5, 5.41) is 0. The molecular weight excluding hydrogens is 264 g/mol. The van der Waals surface area contributed by atoms with E-state index >= 15 is 0 Å². The van der Waals surface area contributed by atoms with Crippen LogP contribution in [0.15, 0.2) is 18.2 Å². The van der Waals surface area contributed by atoms with E-state index in [-0.39, 0.29) is 6.54 Å². The van der Waals surface area contributed by atoms with Crippen molar-refractivity contribution >= 4 is 5.78 Å². The first-order valence-electron chi connectivity index (χ1n) is 6.81. The number of rotatable bonds is 8. The predicted octanol–water partition coefficient (Wildman–Crippen LogP) is 2.51. The van der Waals surface area contributed by atoms with Crippen molar-refractivity contribution in [2.75, 3.05) is 33.4 Å². The number of hydrogen-bond donors (Lipinski definition) is 0. The zero-order valence-electron chi connectivity index (χ0n) is 11.6. The highest BCUT2D eigenvalue weighted by Crippen LogP contribution is 2.28. The van der Waals surface area contributed by atoms with Gasteiger partial charge in [0.15, 0.2) is 5.78 Å². The molecule has 0 radical (unpaired) electrons. The third-order valence-corrected chi connectivity index (χ3v) is 3.32. The summed E-state index contributed by atoms with van der Waals surface area (Å²) in [7, 11) is 1.73. The molecule has 1 saturated carbocycles. The minimum Gasteiger partial charge on any atom is -0.380 e. The number of likely N-dealkylation sites (N-methyl/N-ethyl adjacent to an activating group) is 1. The molecule has 0 saturated heterocycles. The van der Waals surface area contributed by atoms with Gasteiger partial charge in [-0.25, -0.2) is 8.78 Å². The van der Waals surface area contributed by atoms with E-state index in [1.165, 1.54) is 18.9 Å². The van der Waals surface area contributed by atoms with E-state index in [2.05, 4.69) is 0 Å². The highest BCUT2D eigenvalue weighted by atomic mass is 19.1. The molecule has 3 nitrogen and oxygen atoms in total. The fraction of sp³-hybridized carbons (Fsp3) is 0.533. The monoisotopic (exact) mass is 283 g/mol. The summed E-state index contributed by atoms with van der Waals surface area (Å²) in [4.78, 5) is 13.6. The molecule has 0 amide bonds. The van der Waals surface area contributed by atoms with Crippen LogP contribution in [0.1, 0.15) is 23.2 Å². The molecule has 0 heterocycles. The summed E-state index contributed by atoms with van der Waals surface area (Å²) in [6.45, 7) is 1.84. The standard InChI is InChI=1S/C15H19F2NO2/c1-18(7-8-20-10-11-5-6-11)9-14(19)15-12(16)3-2-4-13(15)17/h2-4,11H,5-10H2,1H3. The molecule has 110 valence electrons. The van der Waals surface area contributed by atoms with Crippen molar-refractivity contribution in [2.45, 2.75) is 12.8 Å². The van der Waals surface area contributed by atoms with Crippen molar-refractivity contribution in [2.24, 2.45) is 5.92 Å². The molecular formula is C15H19F2NO2. The average molecular weight is 283 g/mol. The minimum atomic E-state index is -0.812. The van der Waals surface area contributed by atoms with Gasteiger partial charge in [0.2, 0.25) is 0 Å². The molecule has 0 atom stereocenters. The topological polar surface area (TPSA) is 29.5 Å². The number of benzene rings is 1. The second-order valence-electron chi connectivity index (χ2n) is 5.28. The molecule has 5 heteroatoms. The Bertz CT molecular complexity index is 455. The molecule has 0 bridgehead atoms. The number of halogens is 2. The summed E-state index contributed by atoms with van der Waals surface area (Å²) < 4.78 is 32.4. The van der Waals surface area contributed by atoms with E-state index in [9.17, 15) is 13.6 Å². The Morgan fingerprint density at radius 3 is 2.60 bits per heavy atom. The lowest BCUT2D eigenvalue weighted by molar-refractivity contribution is 0.0855. The highest BCUT2D eigenvalue weighted by molar-refractivity contribution is 5.98. The maximum atomic E-state index is 13.4. The van der Waals surface area contributed by atoms with Crippen LogP contribution in [0.2, 0.25) is 0 Å². The van der Waals surface area contributed by atoms with Gasteiger partial charge < -0.3 is 4.74 Å². The van der Waals surface area contributed by atoms with Crippen LogP contribution in [0, 0.1) is 17.6 Å². The number of ether oxygens (including phenoxy) is 1. The number of carbonyl (C=O) groups excluding carboxylic acids is 1. The maximum Gasteiger partial charge on any atom is 0.182 e. The van der Waals surface area contributed by atoms with Gasteiger partial charge in [-0.15, -0.1) is 0 Å². The van der Waals surface area contributed by atoms with E-state index in [1.54, 1.807) is 11.9 Å². The molecule has 0 unspecified atom stereocenters. The van der Waals surface area contributed by atoms with Crippen LogP contribution in [-0.2, 0) is 4.74 Å². The molecule has 1 fully saturated rings. The molecule has 1 aromatic rings. The number of ketones is 1. The third kappa shape index (κ3) is 4.35. The van der Waals surface area contributed by atoms with Crippen LogP contribution in [0.4, 0.5) is 8.78 Å². The van der Waals surface area contributed by atoms with Crippen molar-refractivity contribution in [1.82, 2.24) is 4.90 Å². The molecule has 0 N–H and O–H groups in total. The summed E-state index contributed by atoms with van der Waals surface area (Å²) in [6.07, 6.45) is 2.47. The third-order valence-electron chi connectivity index (χ3n) is 3.32. The Hall–Kier alpha value is -1.33. The highest BCUT2D eigenvalue weighted by Gasteiger charge is 2.21. The summed E-state index contributed by atoms with van der Waals surface area (Å²) in [5.74, 6) is -1.47. The van der Waals surface area contributed by atoms with E-state index < -0.39 is 23.0 Å². The van der Waals surface area contributed by atoms with E-state index in [4.69, 9.17) is 4.74 Å². The molecule has 0 aromatic heterocycles. The molecule has 0 spiro atoms. The number of hydrogen-bond acceptors (Lipinski definition) is 3. The summed E-state index contributed by atoms with van der Waals surface area (Å²) >= 11 is 0. The lowest BCUT2D eigenvalue weighted by atomic mass is 10.1. The summed E-state index contributed by atoms with van der Waals surface area (Å²) in [6, 6.07) is 3.43. The largest absolute Gasteiger partial charge is 0.380 e. The van der Waals surface area contributed by atoms with Crippen LogP contribution in [0.3, 0.4) is 0 Å². The van der Waals surface area contributed by atoms with Gasteiger partial charge >= 0.3 is 0 Å². The van der Waals surface area contributed by atoms with Gasteiger partial charge in [0.05, 0.1) is 18.7 Å². The fourth-order valence-electron chi connectivity index (χ4n) is 1.92. The Morgan fingerprint density at radius 2 is 2.00 bits per heavy atom. The molecule has 1 aliphatic rings. The zero-order chi connectivity index (χ0) is 14.5. The van der Waals surface area contributed by atoms with E-state index in [1.807, 2.05) is 0 Å². The van der Waals surface area contributed by atoms with Crippen molar-refractivity contribution in [1.29, 1.82) is 0 Å². The van der Waals surface area contributed by atoms with Gasteiger partial charge in [0.1, 0.15) is 11.6 Å². The van der Waals surface area contributed by atoms with E-state index in [0.717, 1.165) is 18.7 Å². The van der Waals surface area contributed by atoms with Crippen LogP contribution in [0.25, 0.3) is 0 Å². The fourth-order valence-corrected chi connectivity index (χ4v) is 1.92. The van der Waals surface area contributed by atoms with Gasteiger partial charge in [-0.2, -0.15) is 0 Å². The normalized spacial score (nSPS) is 14.8. The number of carbonyl (C=O) groups is 1. The second kappa shape index (κ2) is 6.90.